The molecule has 5 heterocycles. The molecule has 0 aromatic carbocycles. The SMILES string of the molecule is Cc1ccnc([C@H]2C[C@@H]2C(=O)Nc2cc(N[C@@H](C)c3cn4cc(C5CC5)cc(N5CC(=O)N(C)C5=O)c4n3)ncn2)n1. The van der Waals surface area contributed by atoms with Crippen molar-refractivity contribution in [2.45, 2.75) is 51.0 Å². The molecule has 3 fully saturated rings. The van der Waals surface area contributed by atoms with Crippen LogP contribution in [-0.4, -0.2) is 65.7 Å². The van der Waals surface area contributed by atoms with Gasteiger partial charge in [-0.1, -0.05) is 0 Å². The fraction of sp³-hybridized carbons (Fsp3) is 0.379. The number of hydrogen-bond donors (Lipinski definition) is 2. The molecule has 7 rings (SSSR count). The molecule has 3 aliphatic rings. The average Bonchev–Trinajstić information content (AvgIpc) is 3.90. The Labute approximate surface area is 241 Å². The quantitative estimate of drug-likeness (QED) is 0.306. The van der Waals surface area contributed by atoms with E-state index in [4.69, 9.17) is 4.98 Å². The van der Waals surface area contributed by atoms with Gasteiger partial charge in [-0.3, -0.25) is 19.4 Å². The standard InChI is InChI=1S/C29H30N10O3/c1-15-6-7-30-26(33-15)19-9-20(19)28(41)36-24-10-23(31-14-32-24)34-16(2)21-12-38-11-18(17-4-5-17)8-22(27(38)35-21)39-13-25(40)37(3)29(39)42/h6-8,10-12,14,16-17,19-20H,4-5,9,13H2,1-3H3,(H2,31,32,34,36,41)/t16-,19-,20-/m0/s1. The molecule has 3 atom stereocenters. The van der Waals surface area contributed by atoms with E-state index in [1.54, 1.807) is 12.3 Å². The van der Waals surface area contributed by atoms with E-state index in [1.165, 1.54) is 18.3 Å². The molecule has 42 heavy (non-hydrogen) atoms. The lowest BCUT2D eigenvalue weighted by molar-refractivity contribution is -0.124. The number of aryl methyl sites for hydroxylation is 1. The number of pyridine rings is 1. The number of imide groups is 1. The van der Waals surface area contributed by atoms with E-state index in [1.807, 2.05) is 36.6 Å². The first-order valence-electron chi connectivity index (χ1n) is 14.0. The number of nitrogens with one attached hydrogen (secondary N) is 2. The smallest absolute Gasteiger partial charge is 0.331 e. The van der Waals surface area contributed by atoms with Gasteiger partial charge >= 0.3 is 6.03 Å². The van der Waals surface area contributed by atoms with Crippen molar-refractivity contribution >= 4 is 40.8 Å². The third-order valence-corrected chi connectivity index (χ3v) is 8.10. The Balaban J connectivity index is 1.08. The number of imidazole rings is 1. The molecule has 1 saturated heterocycles. The summed E-state index contributed by atoms with van der Waals surface area (Å²) >= 11 is 0. The Kier molecular flexibility index (Phi) is 6.10. The van der Waals surface area contributed by atoms with Crippen LogP contribution in [0.5, 0.6) is 0 Å². The molecule has 2 N–H and O–H groups in total. The number of aromatic nitrogens is 6. The molecule has 0 radical (unpaired) electrons. The normalized spacial score (nSPS) is 20.7. The van der Waals surface area contributed by atoms with Crippen molar-refractivity contribution in [2.75, 3.05) is 29.1 Å². The first kappa shape index (κ1) is 26.0. The van der Waals surface area contributed by atoms with Gasteiger partial charge in [0, 0.05) is 49.2 Å². The molecule has 4 amide bonds. The predicted molar refractivity (Wildman–Crippen MR) is 153 cm³/mol. The Morgan fingerprint density at radius 2 is 1.88 bits per heavy atom. The molecule has 13 nitrogen and oxygen atoms in total. The van der Waals surface area contributed by atoms with Crippen LogP contribution in [0.15, 0.2) is 43.1 Å². The van der Waals surface area contributed by atoms with Gasteiger partial charge < -0.3 is 15.0 Å². The third-order valence-electron chi connectivity index (χ3n) is 8.10. The molecule has 0 bridgehead atoms. The van der Waals surface area contributed by atoms with Crippen LogP contribution in [0.25, 0.3) is 5.65 Å². The zero-order chi connectivity index (χ0) is 29.1. The Bertz CT molecular complexity index is 1750. The Hall–Kier alpha value is -4.94. The van der Waals surface area contributed by atoms with E-state index in [9.17, 15) is 14.4 Å². The minimum Gasteiger partial charge on any atom is -0.362 e. The Morgan fingerprint density at radius 3 is 2.62 bits per heavy atom. The summed E-state index contributed by atoms with van der Waals surface area (Å²) in [5.74, 6) is 1.52. The number of rotatable bonds is 8. The lowest BCUT2D eigenvalue weighted by Gasteiger charge is -2.17. The molecule has 2 saturated carbocycles. The van der Waals surface area contributed by atoms with Gasteiger partial charge in [0.15, 0.2) is 5.65 Å². The van der Waals surface area contributed by atoms with Crippen LogP contribution in [-0.2, 0) is 9.59 Å². The lowest BCUT2D eigenvalue weighted by Crippen LogP contribution is -2.30. The van der Waals surface area contributed by atoms with Crippen LogP contribution < -0.4 is 15.5 Å². The number of amides is 4. The summed E-state index contributed by atoms with van der Waals surface area (Å²) in [4.78, 5) is 62.8. The minimum absolute atomic E-state index is 0.00976. The van der Waals surface area contributed by atoms with Crippen LogP contribution in [0, 0.1) is 12.8 Å². The van der Waals surface area contributed by atoms with Gasteiger partial charge in [0.2, 0.25) is 11.8 Å². The summed E-state index contributed by atoms with van der Waals surface area (Å²) in [6.07, 6.45) is 10.0. The third kappa shape index (κ3) is 4.80. The maximum absolute atomic E-state index is 12.9. The second kappa shape index (κ2) is 9.86. The van der Waals surface area contributed by atoms with Gasteiger partial charge in [0.25, 0.3) is 0 Å². The minimum atomic E-state index is -0.356. The highest BCUT2D eigenvalue weighted by molar-refractivity contribution is 6.13. The van der Waals surface area contributed by atoms with Gasteiger partial charge in [0.1, 0.15) is 30.3 Å². The number of carbonyl (C=O) groups excluding carboxylic acids is 3. The summed E-state index contributed by atoms with van der Waals surface area (Å²) in [5, 5.41) is 6.23. The molecule has 0 unspecified atom stereocenters. The van der Waals surface area contributed by atoms with Crippen LogP contribution in [0.1, 0.15) is 66.8 Å². The predicted octanol–water partition coefficient (Wildman–Crippen LogP) is 3.41. The monoisotopic (exact) mass is 566 g/mol. The van der Waals surface area contributed by atoms with Crippen LogP contribution >= 0.6 is 0 Å². The fourth-order valence-corrected chi connectivity index (χ4v) is 5.39. The summed E-state index contributed by atoms with van der Waals surface area (Å²) < 4.78 is 1.93. The maximum Gasteiger partial charge on any atom is 0.331 e. The second-order valence-electron chi connectivity index (χ2n) is 11.3. The van der Waals surface area contributed by atoms with Crippen LogP contribution in [0.3, 0.4) is 0 Å². The van der Waals surface area contributed by atoms with Crippen molar-refractivity contribution in [3.8, 4) is 0 Å². The van der Waals surface area contributed by atoms with Gasteiger partial charge in [-0.25, -0.2) is 29.7 Å². The molecular formula is C29H30N10O3. The summed E-state index contributed by atoms with van der Waals surface area (Å²) in [6.45, 7) is 3.85. The molecular weight excluding hydrogens is 536 g/mol. The van der Waals surface area contributed by atoms with Gasteiger partial charge in [0.05, 0.1) is 17.4 Å². The van der Waals surface area contributed by atoms with E-state index in [-0.39, 0.29) is 42.3 Å². The van der Waals surface area contributed by atoms with Crippen molar-refractivity contribution < 1.29 is 14.4 Å². The Morgan fingerprint density at radius 1 is 1.07 bits per heavy atom. The van der Waals surface area contributed by atoms with Crippen LogP contribution in [0.2, 0.25) is 0 Å². The van der Waals surface area contributed by atoms with Gasteiger partial charge in [-0.05, 0) is 56.7 Å². The van der Waals surface area contributed by atoms with Crippen molar-refractivity contribution in [3.05, 3.63) is 65.9 Å². The van der Waals surface area contributed by atoms with Gasteiger partial charge in [-0.15, -0.1) is 0 Å². The first-order chi connectivity index (χ1) is 20.2. The van der Waals surface area contributed by atoms with E-state index in [0.717, 1.165) is 34.7 Å². The molecule has 4 aromatic rings. The van der Waals surface area contributed by atoms with E-state index < -0.39 is 0 Å². The summed E-state index contributed by atoms with van der Waals surface area (Å²) in [5.41, 5.74) is 3.97. The number of urea groups is 1. The molecule has 2 aliphatic carbocycles. The molecule has 1 aliphatic heterocycles. The zero-order valence-electron chi connectivity index (χ0n) is 23.5. The lowest BCUT2D eigenvalue weighted by atomic mass is 10.1. The van der Waals surface area contributed by atoms with Crippen molar-refractivity contribution in [2.24, 2.45) is 5.92 Å². The largest absolute Gasteiger partial charge is 0.362 e. The van der Waals surface area contributed by atoms with E-state index in [0.29, 0.717) is 41.1 Å². The number of anilines is 3. The van der Waals surface area contributed by atoms with E-state index in [2.05, 4.69) is 36.8 Å². The molecule has 214 valence electrons. The number of hydrogen-bond acceptors (Lipinski definition) is 9. The molecule has 4 aromatic heterocycles. The fourth-order valence-electron chi connectivity index (χ4n) is 5.39. The van der Waals surface area contributed by atoms with Gasteiger partial charge in [-0.2, -0.15) is 0 Å². The van der Waals surface area contributed by atoms with Crippen molar-refractivity contribution in [1.82, 2.24) is 34.2 Å². The number of fused-ring (bicyclic) bond motifs is 1. The van der Waals surface area contributed by atoms with Crippen molar-refractivity contribution in [3.63, 3.8) is 0 Å². The number of carbonyl (C=O) groups is 3. The highest BCUT2D eigenvalue weighted by Crippen LogP contribution is 2.46. The summed E-state index contributed by atoms with van der Waals surface area (Å²) in [7, 11) is 1.50. The first-order valence-corrected chi connectivity index (χ1v) is 14.0. The average molecular weight is 567 g/mol. The molecule has 13 heteroatoms. The highest BCUT2D eigenvalue weighted by atomic mass is 16.2. The molecule has 0 spiro atoms. The number of likely N-dealkylation sites (N-methyl/N-ethyl adjacent to an activating group) is 1. The summed E-state index contributed by atoms with van der Waals surface area (Å²) in [6, 6.07) is 4.89. The van der Waals surface area contributed by atoms with Crippen molar-refractivity contribution in [1.29, 1.82) is 0 Å². The zero-order valence-corrected chi connectivity index (χ0v) is 23.5. The highest BCUT2D eigenvalue weighted by Gasteiger charge is 2.46. The number of nitrogens with zero attached hydrogens (tertiary/aromatic N) is 8. The topological polar surface area (TPSA) is 151 Å². The van der Waals surface area contributed by atoms with E-state index >= 15 is 0 Å². The van der Waals surface area contributed by atoms with Crippen LogP contribution in [0.4, 0.5) is 22.1 Å². The second-order valence-corrected chi connectivity index (χ2v) is 11.3. The maximum atomic E-state index is 12.9.